The fourth-order valence-corrected chi connectivity index (χ4v) is 2.80. The molecule has 1 saturated heterocycles. The van der Waals surface area contributed by atoms with E-state index in [1.54, 1.807) is 11.3 Å². The first-order valence-electron chi connectivity index (χ1n) is 6.05. The predicted octanol–water partition coefficient (Wildman–Crippen LogP) is 2.07. The molecule has 0 amide bonds. The third-order valence-electron chi connectivity index (χ3n) is 3.16. The summed E-state index contributed by atoms with van der Waals surface area (Å²) in [5.74, 6) is 1.60. The summed E-state index contributed by atoms with van der Waals surface area (Å²) < 4.78 is 10.6. The molecule has 0 spiro atoms. The Kier molecular flexibility index (Phi) is 3.40. The van der Waals surface area contributed by atoms with Gasteiger partial charge in [-0.1, -0.05) is 11.2 Å². The molecule has 3 heterocycles. The van der Waals surface area contributed by atoms with Crippen LogP contribution in [-0.4, -0.2) is 23.4 Å². The highest BCUT2D eigenvalue weighted by Crippen LogP contribution is 2.27. The van der Waals surface area contributed by atoms with Gasteiger partial charge in [0.05, 0.1) is 0 Å². The van der Waals surface area contributed by atoms with E-state index in [0.29, 0.717) is 11.8 Å². The number of nitrogens with two attached hydrogens (primary N) is 1. The minimum absolute atomic E-state index is 0.314. The molecular formula is C12H15N3O2S. The van der Waals surface area contributed by atoms with Crippen LogP contribution in [0.15, 0.2) is 22.0 Å². The topological polar surface area (TPSA) is 74.2 Å². The maximum absolute atomic E-state index is 6.09. The third-order valence-corrected chi connectivity index (χ3v) is 4.12. The van der Waals surface area contributed by atoms with Crippen molar-refractivity contribution < 1.29 is 9.26 Å². The highest BCUT2D eigenvalue weighted by Gasteiger charge is 2.24. The maximum Gasteiger partial charge on any atom is 0.248 e. The fraction of sp³-hybridized carbons (Fsp3) is 0.500. The molecule has 2 N–H and O–H groups in total. The predicted molar refractivity (Wildman–Crippen MR) is 67.4 cm³/mol. The Morgan fingerprint density at radius 1 is 1.39 bits per heavy atom. The molecule has 1 atom stereocenters. The van der Waals surface area contributed by atoms with Gasteiger partial charge in [-0.2, -0.15) is 4.98 Å². The zero-order chi connectivity index (χ0) is 12.4. The van der Waals surface area contributed by atoms with E-state index in [1.807, 2.05) is 17.5 Å². The van der Waals surface area contributed by atoms with Crippen molar-refractivity contribution in [1.82, 2.24) is 10.1 Å². The molecule has 1 fully saturated rings. The van der Waals surface area contributed by atoms with Crippen molar-refractivity contribution in [3.05, 3.63) is 34.1 Å². The van der Waals surface area contributed by atoms with Gasteiger partial charge >= 0.3 is 0 Å². The minimum atomic E-state index is -0.314. The van der Waals surface area contributed by atoms with Crippen LogP contribution in [-0.2, 0) is 4.74 Å². The Hall–Kier alpha value is -1.24. The van der Waals surface area contributed by atoms with Gasteiger partial charge in [-0.05, 0) is 24.3 Å². The molecule has 3 rings (SSSR count). The number of ether oxygens (including phenoxy) is 1. The van der Waals surface area contributed by atoms with Gasteiger partial charge < -0.3 is 15.0 Å². The molecule has 0 bridgehead atoms. The lowest BCUT2D eigenvalue weighted by Crippen LogP contribution is -2.15. The van der Waals surface area contributed by atoms with Gasteiger partial charge in [0.1, 0.15) is 6.04 Å². The van der Waals surface area contributed by atoms with Crippen LogP contribution < -0.4 is 5.73 Å². The molecular weight excluding hydrogens is 250 g/mol. The molecule has 0 aliphatic carbocycles. The monoisotopic (exact) mass is 265 g/mol. The van der Waals surface area contributed by atoms with Gasteiger partial charge in [0.15, 0.2) is 5.82 Å². The Labute approximate surface area is 109 Å². The van der Waals surface area contributed by atoms with Crippen molar-refractivity contribution in [1.29, 1.82) is 0 Å². The van der Waals surface area contributed by atoms with E-state index < -0.39 is 0 Å². The smallest absolute Gasteiger partial charge is 0.248 e. The molecule has 18 heavy (non-hydrogen) atoms. The summed E-state index contributed by atoms with van der Waals surface area (Å²) >= 11 is 1.60. The number of rotatable bonds is 3. The van der Waals surface area contributed by atoms with Crippen molar-refractivity contribution in [2.24, 2.45) is 5.73 Å². The van der Waals surface area contributed by atoms with E-state index in [-0.39, 0.29) is 6.04 Å². The molecule has 1 unspecified atom stereocenters. The Balaban J connectivity index is 1.76. The summed E-state index contributed by atoms with van der Waals surface area (Å²) in [6.45, 7) is 1.54. The second-order valence-electron chi connectivity index (χ2n) is 4.37. The van der Waals surface area contributed by atoms with Crippen molar-refractivity contribution >= 4 is 11.3 Å². The minimum Gasteiger partial charge on any atom is -0.381 e. The van der Waals surface area contributed by atoms with Crippen molar-refractivity contribution in [3.63, 3.8) is 0 Å². The van der Waals surface area contributed by atoms with Gasteiger partial charge in [-0.25, -0.2) is 0 Å². The van der Waals surface area contributed by atoms with E-state index in [2.05, 4.69) is 10.1 Å². The van der Waals surface area contributed by atoms with Crippen LogP contribution in [0.3, 0.4) is 0 Å². The Morgan fingerprint density at radius 3 is 2.94 bits per heavy atom. The number of hydrogen-bond acceptors (Lipinski definition) is 6. The average molecular weight is 265 g/mol. The summed E-state index contributed by atoms with van der Waals surface area (Å²) in [5.41, 5.74) is 6.09. The lowest BCUT2D eigenvalue weighted by atomic mass is 10.00. The van der Waals surface area contributed by atoms with E-state index in [4.69, 9.17) is 15.0 Å². The number of nitrogens with zero attached hydrogens (tertiary/aromatic N) is 2. The largest absolute Gasteiger partial charge is 0.381 e. The van der Waals surface area contributed by atoms with Crippen molar-refractivity contribution in [3.8, 4) is 0 Å². The zero-order valence-corrected chi connectivity index (χ0v) is 10.7. The highest BCUT2D eigenvalue weighted by molar-refractivity contribution is 7.10. The molecule has 1 aliphatic heterocycles. The number of thiophene rings is 1. The first kappa shape index (κ1) is 11.8. The van der Waals surface area contributed by atoms with E-state index in [0.717, 1.165) is 36.8 Å². The van der Waals surface area contributed by atoms with E-state index >= 15 is 0 Å². The maximum atomic E-state index is 6.09. The summed E-state index contributed by atoms with van der Waals surface area (Å²) in [4.78, 5) is 5.48. The van der Waals surface area contributed by atoms with Gasteiger partial charge in [-0.15, -0.1) is 11.3 Å². The summed E-state index contributed by atoms with van der Waals surface area (Å²) in [5, 5.41) is 6.04. The SMILES string of the molecule is NC(c1nc(C2CCOCC2)no1)c1cccs1. The van der Waals surface area contributed by atoms with Crippen LogP contribution in [0.25, 0.3) is 0 Å². The van der Waals surface area contributed by atoms with Crippen molar-refractivity contribution in [2.45, 2.75) is 24.8 Å². The Morgan fingerprint density at radius 2 is 2.22 bits per heavy atom. The molecule has 2 aromatic heterocycles. The molecule has 2 aromatic rings. The molecule has 0 aromatic carbocycles. The third kappa shape index (κ3) is 2.31. The quantitative estimate of drug-likeness (QED) is 0.919. The molecule has 1 aliphatic rings. The first-order chi connectivity index (χ1) is 8.84. The summed E-state index contributed by atoms with van der Waals surface area (Å²) in [6.07, 6.45) is 1.90. The average Bonchev–Trinajstić information content (AvgIpc) is 3.10. The lowest BCUT2D eigenvalue weighted by molar-refractivity contribution is 0.0830. The van der Waals surface area contributed by atoms with Crippen LogP contribution >= 0.6 is 11.3 Å². The van der Waals surface area contributed by atoms with Gasteiger partial charge in [0.2, 0.25) is 5.89 Å². The van der Waals surface area contributed by atoms with Crippen molar-refractivity contribution in [2.75, 3.05) is 13.2 Å². The van der Waals surface area contributed by atoms with E-state index in [9.17, 15) is 0 Å². The summed E-state index contributed by atoms with van der Waals surface area (Å²) in [7, 11) is 0. The lowest BCUT2D eigenvalue weighted by Gasteiger charge is -2.18. The second kappa shape index (κ2) is 5.17. The molecule has 6 heteroatoms. The van der Waals surface area contributed by atoms with Gasteiger partial charge in [-0.3, -0.25) is 0 Å². The highest BCUT2D eigenvalue weighted by atomic mass is 32.1. The van der Waals surface area contributed by atoms with Crippen LogP contribution in [0.5, 0.6) is 0 Å². The molecule has 96 valence electrons. The molecule has 0 radical (unpaired) electrons. The fourth-order valence-electron chi connectivity index (χ4n) is 2.09. The number of hydrogen-bond donors (Lipinski definition) is 1. The van der Waals surface area contributed by atoms with Crippen LogP contribution in [0.2, 0.25) is 0 Å². The molecule has 0 saturated carbocycles. The first-order valence-corrected chi connectivity index (χ1v) is 6.93. The van der Waals surface area contributed by atoms with Gasteiger partial charge in [0, 0.05) is 24.0 Å². The van der Waals surface area contributed by atoms with E-state index in [1.165, 1.54) is 0 Å². The zero-order valence-electron chi connectivity index (χ0n) is 9.91. The second-order valence-corrected chi connectivity index (χ2v) is 5.35. The van der Waals surface area contributed by atoms with Crippen LogP contribution in [0, 0.1) is 0 Å². The number of aromatic nitrogens is 2. The standard InChI is InChI=1S/C12H15N3O2S/c13-10(9-2-1-7-18-9)12-14-11(15-17-12)8-3-5-16-6-4-8/h1-2,7-8,10H,3-6,13H2. The van der Waals surface area contributed by atoms with Crippen LogP contribution in [0.1, 0.15) is 41.4 Å². The van der Waals surface area contributed by atoms with Crippen LogP contribution in [0.4, 0.5) is 0 Å². The Bertz CT molecular complexity index is 491. The summed E-state index contributed by atoms with van der Waals surface area (Å²) in [6, 6.07) is 3.63. The van der Waals surface area contributed by atoms with Gasteiger partial charge in [0.25, 0.3) is 0 Å². The molecule has 5 nitrogen and oxygen atoms in total. The normalized spacial score (nSPS) is 18.9.